The number of amides is 1. The van der Waals surface area contributed by atoms with Crippen molar-refractivity contribution in [2.45, 2.75) is 56.0 Å². The highest BCUT2D eigenvalue weighted by atomic mass is 32.2. The Morgan fingerprint density at radius 3 is 2.73 bits per heavy atom. The molecule has 6 nitrogen and oxygen atoms in total. The predicted molar refractivity (Wildman–Crippen MR) is 131 cm³/mol. The Labute approximate surface area is 202 Å². The number of nitrogens with one attached hydrogen (secondary N) is 1. The van der Waals surface area contributed by atoms with Crippen molar-refractivity contribution >= 4 is 29.0 Å². The minimum atomic E-state index is -0.328. The summed E-state index contributed by atoms with van der Waals surface area (Å²) in [4.78, 5) is 24.8. The fraction of sp³-hybridized carbons (Fsp3) is 0.440. The van der Waals surface area contributed by atoms with E-state index in [0.29, 0.717) is 13.0 Å². The molecule has 2 aliphatic rings. The number of thiophene rings is 1. The number of hydrogen-bond acceptors (Lipinski definition) is 7. The fourth-order valence-corrected chi connectivity index (χ4v) is 7.30. The molecule has 1 N–H and O–H groups in total. The summed E-state index contributed by atoms with van der Waals surface area (Å²) < 4.78 is 10.7. The lowest BCUT2D eigenvalue weighted by Crippen LogP contribution is -2.37. The number of ether oxygens (including phenoxy) is 1. The molecule has 3 aromatic rings. The third kappa shape index (κ3) is 5.35. The predicted octanol–water partition coefficient (Wildman–Crippen LogP) is 6.15. The Bertz CT molecular complexity index is 1040. The van der Waals surface area contributed by atoms with Gasteiger partial charge in [-0.25, -0.2) is 15.3 Å². The average molecular weight is 485 g/mol. The van der Waals surface area contributed by atoms with Crippen molar-refractivity contribution in [3.8, 4) is 21.8 Å². The third-order valence-corrected chi connectivity index (χ3v) is 9.26. The highest BCUT2D eigenvalue weighted by molar-refractivity contribution is 8.00. The van der Waals surface area contributed by atoms with Crippen molar-refractivity contribution < 1.29 is 18.8 Å². The molecule has 2 saturated heterocycles. The van der Waals surface area contributed by atoms with Gasteiger partial charge in [-0.1, -0.05) is 30.7 Å². The van der Waals surface area contributed by atoms with Crippen LogP contribution in [-0.4, -0.2) is 29.5 Å². The minimum Gasteiger partial charge on any atom is -0.444 e. The van der Waals surface area contributed by atoms with E-state index >= 15 is 0 Å². The molecule has 2 aromatic heterocycles. The highest BCUT2D eigenvalue weighted by Crippen LogP contribution is 2.51. The van der Waals surface area contributed by atoms with Crippen LogP contribution >= 0.6 is 23.1 Å². The van der Waals surface area contributed by atoms with E-state index < -0.39 is 0 Å². The van der Waals surface area contributed by atoms with E-state index in [4.69, 9.17) is 14.0 Å². The maximum atomic E-state index is 12.8. The molecule has 1 unspecified atom stereocenters. The Morgan fingerprint density at radius 2 is 2.00 bits per heavy atom. The number of carbonyl (C=O) groups is 1. The monoisotopic (exact) mass is 484 g/mol. The molecule has 0 radical (unpaired) electrons. The van der Waals surface area contributed by atoms with Crippen LogP contribution in [0.25, 0.3) is 21.8 Å². The minimum absolute atomic E-state index is 0.0788. The van der Waals surface area contributed by atoms with Gasteiger partial charge in [0.05, 0.1) is 10.9 Å². The molecule has 5 rings (SSSR count). The van der Waals surface area contributed by atoms with E-state index in [2.05, 4.69) is 46.9 Å². The maximum absolute atomic E-state index is 12.8. The zero-order chi connectivity index (χ0) is 22.5. The first-order chi connectivity index (χ1) is 16.2. The van der Waals surface area contributed by atoms with Crippen LogP contribution in [0.5, 0.6) is 0 Å². The van der Waals surface area contributed by atoms with Crippen molar-refractivity contribution in [1.29, 1.82) is 0 Å². The highest BCUT2D eigenvalue weighted by Gasteiger charge is 2.38. The van der Waals surface area contributed by atoms with Gasteiger partial charge >= 0.3 is 0 Å². The van der Waals surface area contributed by atoms with Gasteiger partial charge in [-0.15, -0.1) is 23.1 Å². The molecule has 8 heteroatoms. The molecule has 4 heterocycles. The molecular weight excluding hydrogens is 456 g/mol. The molecule has 0 aliphatic carbocycles. The van der Waals surface area contributed by atoms with Crippen LogP contribution in [0.1, 0.15) is 49.8 Å². The van der Waals surface area contributed by atoms with Crippen LogP contribution in [0, 0.1) is 0 Å². The average Bonchev–Trinajstić information content (AvgIpc) is 3.57. The lowest BCUT2D eigenvalue weighted by Gasteiger charge is -2.35. The van der Waals surface area contributed by atoms with Crippen LogP contribution in [0.3, 0.4) is 0 Å². The summed E-state index contributed by atoms with van der Waals surface area (Å²) in [7, 11) is 0. The standard InChI is InChI=1S/C25H28N2O4S2/c28-23(27-31-24-5-1-3-13-29-24)15-25(12-2-4-14-32-25)22-11-10-21(33-22)19-8-6-18(7-9-19)20-16-26-17-30-20/h6-11,16-17,24H,1-5,12-15H2,(H,27,28)/t24?,25-/m0/s1. The van der Waals surface area contributed by atoms with Crippen LogP contribution < -0.4 is 5.48 Å². The summed E-state index contributed by atoms with van der Waals surface area (Å²) in [6.07, 6.45) is 9.51. The van der Waals surface area contributed by atoms with E-state index in [1.807, 2.05) is 11.8 Å². The summed E-state index contributed by atoms with van der Waals surface area (Å²) in [5.41, 5.74) is 4.83. The zero-order valence-corrected chi connectivity index (χ0v) is 20.1. The summed E-state index contributed by atoms with van der Waals surface area (Å²) in [5.74, 6) is 1.75. The maximum Gasteiger partial charge on any atom is 0.245 e. The summed E-state index contributed by atoms with van der Waals surface area (Å²) >= 11 is 3.69. The van der Waals surface area contributed by atoms with Crippen molar-refractivity contribution in [2.24, 2.45) is 0 Å². The Hall–Kier alpha value is -2.13. The summed E-state index contributed by atoms with van der Waals surface area (Å²) in [5, 5.41) is 0. The number of hydroxylamine groups is 1. The van der Waals surface area contributed by atoms with Gasteiger partial charge in [0, 0.05) is 34.8 Å². The first-order valence-electron chi connectivity index (χ1n) is 11.5. The van der Waals surface area contributed by atoms with E-state index in [0.717, 1.165) is 54.7 Å². The molecular formula is C25H28N2O4S2. The van der Waals surface area contributed by atoms with Crippen molar-refractivity contribution in [3.05, 3.63) is 53.9 Å². The Kier molecular flexibility index (Phi) is 7.16. The van der Waals surface area contributed by atoms with Crippen molar-refractivity contribution in [3.63, 3.8) is 0 Å². The second-order valence-corrected chi connectivity index (χ2v) is 11.1. The number of rotatable bonds is 7. The molecule has 0 bridgehead atoms. The van der Waals surface area contributed by atoms with Gasteiger partial charge in [-0.3, -0.25) is 4.79 Å². The smallest absolute Gasteiger partial charge is 0.245 e. The lowest BCUT2D eigenvalue weighted by atomic mass is 9.94. The summed E-state index contributed by atoms with van der Waals surface area (Å²) in [6, 6.07) is 12.7. The van der Waals surface area contributed by atoms with Gasteiger partial charge in [-0.05, 0) is 49.1 Å². The van der Waals surface area contributed by atoms with Crippen LogP contribution in [0.15, 0.2) is 53.4 Å². The van der Waals surface area contributed by atoms with Crippen molar-refractivity contribution in [1.82, 2.24) is 10.5 Å². The van der Waals surface area contributed by atoms with E-state index in [1.165, 1.54) is 22.6 Å². The Morgan fingerprint density at radius 1 is 1.12 bits per heavy atom. The number of aromatic nitrogens is 1. The summed E-state index contributed by atoms with van der Waals surface area (Å²) in [6.45, 7) is 0.692. The van der Waals surface area contributed by atoms with Crippen LogP contribution in [0.4, 0.5) is 0 Å². The molecule has 2 fully saturated rings. The fourth-order valence-electron chi connectivity index (χ4n) is 4.40. The second-order valence-electron chi connectivity index (χ2n) is 8.52. The number of thioether (sulfide) groups is 1. The number of benzene rings is 1. The van der Waals surface area contributed by atoms with Gasteiger partial charge < -0.3 is 9.15 Å². The molecule has 0 saturated carbocycles. The van der Waals surface area contributed by atoms with Crippen LogP contribution in [0.2, 0.25) is 0 Å². The molecule has 33 heavy (non-hydrogen) atoms. The molecule has 1 amide bonds. The number of oxazole rings is 1. The second kappa shape index (κ2) is 10.4. The van der Waals surface area contributed by atoms with Crippen molar-refractivity contribution in [2.75, 3.05) is 12.4 Å². The Balaban J connectivity index is 1.29. The number of nitrogens with zero attached hydrogens (tertiary/aromatic N) is 1. The van der Waals surface area contributed by atoms with Crippen LogP contribution in [-0.2, 0) is 19.1 Å². The van der Waals surface area contributed by atoms with E-state index in [9.17, 15) is 4.79 Å². The van der Waals surface area contributed by atoms with Gasteiger partial charge in [0.2, 0.25) is 5.91 Å². The molecule has 2 atom stereocenters. The van der Waals surface area contributed by atoms with Gasteiger partial charge in [0.15, 0.2) is 18.4 Å². The normalized spacial score (nSPS) is 23.3. The third-order valence-electron chi connectivity index (χ3n) is 6.18. The van der Waals surface area contributed by atoms with E-state index in [-0.39, 0.29) is 16.9 Å². The zero-order valence-electron chi connectivity index (χ0n) is 18.5. The number of hydrogen-bond donors (Lipinski definition) is 1. The largest absolute Gasteiger partial charge is 0.444 e. The SMILES string of the molecule is O=C(C[C@]1(c2ccc(-c3ccc(-c4cnco4)cc3)s2)CCCCS1)NOC1CCCCO1. The van der Waals surface area contributed by atoms with Gasteiger partial charge in [-0.2, -0.15) is 0 Å². The first-order valence-corrected chi connectivity index (χ1v) is 13.3. The molecule has 0 spiro atoms. The molecule has 174 valence electrons. The molecule has 2 aliphatic heterocycles. The quantitative estimate of drug-likeness (QED) is 0.406. The lowest BCUT2D eigenvalue weighted by molar-refractivity contribution is -0.200. The van der Waals surface area contributed by atoms with Gasteiger partial charge in [0.1, 0.15) is 0 Å². The first kappa shape index (κ1) is 22.7. The molecule has 1 aromatic carbocycles. The number of carbonyl (C=O) groups excluding carboxylic acids is 1. The van der Waals surface area contributed by atoms with Gasteiger partial charge in [0.25, 0.3) is 0 Å². The topological polar surface area (TPSA) is 73.6 Å². The van der Waals surface area contributed by atoms with E-state index in [1.54, 1.807) is 17.5 Å².